The van der Waals surface area contributed by atoms with Crippen LogP contribution in [0.3, 0.4) is 0 Å². The molecule has 2 aromatic carbocycles. The van der Waals surface area contributed by atoms with Gasteiger partial charge in [0.25, 0.3) is 0 Å². The van der Waals surface area contributed by atoms with Gasteiger partial charge in [0, 0.05) is 37.4 Å². The molecule has 11 heteroatoms. The van der Waals surface area contributed by atoms with Crippen LogP contribution in [0.4, 0.5) is 11.4 Å². The largest absolute Gasteiger partial charge is 0.398 e. The molecule has 10 nitrogen and oxygen atoms in total. The Labute approximate surface area is 288 Å². The number of nitrogens with one attached hydrogen (secondary N) is 3. The minimum Gasteiger partial charge on any atom is -0.398 e. The van der Waals surface area contributed by atoms with E-state index in [4.69, 9.17) is 5.73 Å². The summed E-state index contributed by atoms with van der Waals surface area (Å²) in [6.45, 7) is 5.39. The second kappa shape index (κ2) is 18.9. The topological polar surface area (TPSA) is 147 Å². The number of nitrogens with zero attached hydrogens (tertiary/aromatic N) is 2. The van der Waals surface area contributed by atoms with Crippen molar-refractivity contribution in [3.8, 4) is 10.4 Å². The quantitative estimate of drug-likeness (QED) is 0.0668. The van der Waals surface area contributed by atoms with Crippen molar-refractivity contribution in [2.24, 2.45) is 0 Å². The molecule has 3 aromatic rings. The van der Waals surface area contributed by atoms with Gasteiger partial charge in [0.1, 0.15) is 12.1 Å². The van der Waals surface area contributed by atoms with E-state index in [1.165, 1.54) is 0 Å². The third-order valence-electron chi connectivity index (χ3n) is 8.92. The van der Waals surface area contributed by atoms with Gasteiger partial charge in [0.2, 0.25) is 17.7 Å². The molecule has 4 rings (SSSR count). The number of hydrogen-bond acceptors (Lipinski definition) is 8. The fraction of sp³-hybridized carbons (Fsp3) is 0.486. The summed E-state index contributed by atoms with van der Waals surface area (Å²) in [5.74, 6) is -0.500. The molecule has 5 N–H and O–H groups in total. The van der Waals surface area contributed by atoms with E-state index in [1.807, 2.05) is 48.8 Å². The maximum atomic E-state index is 13.2. The van der Waals surface area contributed by atoms with E-state index in [9.17, 15) is 19.2 Å². The average molecular weight is 675 g/mol. The van der Waals surface area contributed by atoms with Gasteiger partial charge >= 0.3 is 0 Å². The van der Waals surface area contributed by atoms with Gasteiger partial charge in [-0.3, -0.25) is 19.2 Å². The number of rotatable bonds is 19. The predicted octanol–water partition coefficient (Wildman–Crippen LogP) is 6.25. The Hall–Kier alpha value is -4.25. The number of nitrogens with two attached hydrogens (primary N) is 1. The summed E-state index contributed by atoms with van der Waals surface area (Å²) in [7, 11) is 0. The Morgan fingerprint density at radius 2 is 1.73 bits per heavy atom. The molecule has 0 bridgehead atoms. The molecule has 1 fully saturated rings. The molecule has 0 spiro atoms. The molecule has 0 saturated carbocycles. The summed E-state index contributed by atoms with van der Waals surface area (Å²) in [6, 6.07) is 12.3. The molecular weight excluding hydrogens is 625 g/mol. The van der Waals surface area contributed by atoms with E-state index < -0.39 is 12.1 Å². The molecule has 0 radical (unpaired) electrons. The van der Waals surface area contributed by atoms with Crippen LogP contribution in [0.15, 0.2) is 48.0 Å². The summed E-state index contributed by atoms with van der Waals surface area (Å²) >= 11 is 1.61. The van der Waals surface area contributed by atoms with Gasteiger partial charge in [-0.1, -0.05) is 68.9 Å². The summed E-state index contributed by atoms with van der Waals surface area (Å²) in [5, 5.41) is 9.15. The Morgan fingerprint density at radius 3 is 2.42 bits per heavy atom. The summed E-state index contributed by atoms with van der Waals surface area (Å²) in [4.78, 5) is 57.1. The average Bonchev–Trinajstić information content (AvgIpc) is 3.75. The maximum absolute atomic E-state index is 13.2. The lowest BCUT2D eigenvalue weighted by atomic mass is 10.1. The number of hydrogen-bond donors (Lipinski definition) is 4. The monoisotopic (exact) mass is 674 g/mol. The number of unbranched alkanes of at least 4 members (excludes halogenated alkanes) is 7. The normalized spacial score (nSPS) is 14.8. The summed E-state index contributed by atoms with van der Waals surface area (Å²) in [5.41, 5.74) is 12.6. The van der Waals surface area contributed by atoms with Gasteiger partial charge in [-0.2, -0.15) is 0 Å². The number of aryl methyl sites for hydroxylation is 1. The smallest absolute Gasteiger partial charge is 0.245 e. The van der Waals surface area contributed by atoms with Gasteiger partial charge in [-0.05, 0) is 62.8 Å². The first-order chi connectivity index (χ1) is 23.3. The number of anilines is 2. The number of carbonyl (C=O) groups excluding carboxylic acids is 4. The number of likely N-dealkylation sites (tertiary alicyclic amines) is 1. The first-order valence-corrected chi connectivity index (χ1v) is 18.1. The number of carbonyl (C=O) groups is 4. The van der Waals surface area contributed by atoms with Crippen molar-refractivity contribution in [3.05, 3.63) is 64.8 Å². The van der Waals surface area contributed by atoms with Crippen LogP contribution in [0.2, 0.25) is 0 Å². The zero-order chi connectivity index (χ0) is 34.3. The van der Waals surface area contributed by atoms with Gasteiger partial charge in [0.15, 0.2) is 6.29 Å². The van der Waals surface area contributed by atoms with Crippen molar-refractivity contribution in [3.63, 3.8) is 0 Å². The van der Waals surface area contributed by atoms with Crippen LogP contribution >= 0.6 is 11.3 Å². The van der Waals surface area contributed by atoms with Crippen LogP contribution in [0.1, 0.15) is 99.2 Å². The van der Waals surface area contributed by atoms with E-state index in [-0.39, 0.29) is 17.7 Å². The van der Waals surface area contributed by atoms with Gasteiger partial charge < -0.3 is 26.6 Å². The van der Waals surface area contributed by atoms with Crippen molar-refractivity contribution in [2.45, 2.75) is 103 Å². The number of nitrogen functional groups attached to an aromatic ring is 1. The van der Waals surface area contributed by atoms with Crippen molar-refractivity contribution >= 4 is 46.7 Å². The van der Waals surface area contributed by atoms with E-state index in [1.54, 1.807) is 29.2 Å². The highest BCUT2D eigenvalue weighted by molar-refractivity contribution is 7.13. The zero-order valence-electron chi connectivity index (χ0n) is 28.3. The fourth-order valence-corrected chi connectivity index (χ4v) is 6.96. The molecule has 1 unspecified atom stereocenters. The number of aromatic nitrogens is 1. The van der Waals surface area contributed by atoms with Crippen LogP contribution < -0.4 is 21.7 Å². The third-order valence-corrected chi connectivity index (χ3v) is 9.90. The first kappa shape index (κ1) is 36.6. The minimum absolute atomic E-state index is 0.126. The zero-order valence-corrected chi connectivity index (χ0v) is 29.1. The number of aldehydes is 1. The van der Waals surface area contributed by atoms with Gasteiger partial charge in [0.05, 0.1) is 21.6 Å². The van der Waals surface area contributed by atoms with Crippen LogP contribution in [0, 0.1) is 6.92 Å². The maximum Gasteiger partial charge on any atom is 0.245 e. The van der Waals surface area contributed by atoms with E-state index in [2.05, 4.69) is 20.9 Å². The summed E-state index contributed by atoms with van der Waals surface area (Å²) < 4.78 is 0. The highest BCUT2D eigenvalue weighted by Crippen LogP contribution is 2.27. The van der Waals surface area contributed by atoms with E-state index in [0.717, 1.165) is 98.0 Å². The molecule has 2 atom stereocenters. The van der Waals surface area contributed by atoms with Crippen molar-refractivity contribution < 1.29 is 19.2 Å². The first-order valence-electron chi connectivity index (χ1n) is 17.2. The lowest BCUT2D eigenvalue weighted by molar-refractivity contribution is -0.141. The Morgan fingerprint density at radius 1 is 1.02 bits per heavy atom. The second-order valence-corrected chi connectivity index (χ2v) is 13.4. The van der Waals surface area contributed by atoms with Crippen molar-refractivity contribution in [2.75, 3.05) is 24.1 Å². The molecule has 1 aromatic heterocycles. The lowest BCUT2D eigenvalue weighted by Crippen LogP contribution is -2.52. The predicted molar refractivity (Wildman–Crippen MR) is 193 cm³/mol. The molecule has 258 valence electrons. The molecule has 1 aliphatic heterocycles. The second-order valence-electron chi connectivity index (χ2n) is 12.6. The van der Waals surface area contributed by atoms with E-state index in [0.29, 0.717) is 37.2 Å². The standard InChI is InChI=1S/C37H50N6O4S/c1-26-35(48-25-41-26)29-19-17-28(18-20-29)23-40-36(46)33-15-12-22-43(33)37(47)27(2)42-34(45)16-9-7-5-3-4-6-8-10-21-39-32-14-11-13-31(38)30(32)24-44/h11,13-14,17-20,24-25,27,33,39H,3-10,12,15-16,21-23,38H2,1-2H3,(H,40,46)(H,42,45)/t27-,33?/m0/s1. The number of amides is 3. The Kier molecular flexibility index (Phi) is 14.4. The molecule has 0 aliphatic carbocycles. The van der Waals surface area contributed by atoms with Crippen LogP contribution in [0.25, 0.3) is 10.4 Å². The van der Waals surface area contributed by atoms with Gasteiger partial charge in [-0.25, -0.2) is 4.98 Å². The number of benzene rings is 2. The van der Waals surface area contributed by atoms with Crippen molar-refractivity contribution in [1.29, 1.82) is 0 Å². The molecule has 48 heavy (non-hydrogen) atoms. The van der Waals surface area contributed by atoms with Crippen LogP contribution in [0.5, 0.6) is 0 Å². The molecule has 1 aliphatic rings. The van der Waals surface area contributed by atoms with E-state index >= 15 is 0 Å². The molecular formula is C37H50N6O4S. The third kappa shape index (κ3) is 10.6. The number of thiazole rings is 1. The van der Waals surface area contributed by atoms with Crippen LogP contribution in [-0.2, 0) is 20.9 Å². The Balaban J connectivity index is 1.05. The lowest BCUT2D eigenvalue weighted by Gasteiger charge is -2.27. The SMILES string of the molecule is Cc1ncsc1-c1ccc(CNC(=O)C2CCCN2C(=O)[C@H](C)NC(=O)CCCCCCCCCCNc2cccc(N)c2C=O)cc1. The highest BCUT2D eigenvalue weighted by atomic mass is 32.1. The Bertz CT molecular complexity index is 1510. The minimum atomic E-state index is -0.674. The van der Waals surface area contributed by atoms with Crippen LogP contribution in [-0.4, -0.2) is 59.1 Å². The van der Waals surface area contributed by atoms with Crippen molar-refractivity contribution in [1.82, 2.24) is 20.5 Å². The molecule has 3 amide bonds. The molecule has 1 saturated heterocycles. The fourth-order valence-electron chi connectivity index (χ4n) is 6.15. The highest BCUT2D eigenvalue weighted by Gasteiger charge is 2.36. The molecule has 2 heterocycles. The summed E-state index contributed by atoms with van der Waals surface area (Å²) in [6.07, 6.45) is 11.0. The van der Waals surface area contributed by atoms with Gasteiger partial charge in [-0.15, -0.1) is 11.3 Å².